The molecular formula is C19H16F2N2O4. The Kier molecular flexibility index (Phi) is 5.35. The number of aryl methyl sites for hydroxylation is 1. The fourth-order valence-corrected chi connectivity index (χ4v) is 2.34. The molecule has 0 bridgehead atoms. The fourth-order valence-electron chi connectivity index (χ4n) is 2.34. The van der Waals surface area contributed by atoms with Gasteiger partial charge in [-0.25, -0.2) is 8.78 Å². The van der Waals surface area contributed by atoms with Gasteiger partial charge >= 0.3 is 0 Å². The Morgan fingerprint density at radius 3 is 2.52 bits per heavy atom. The van der Waals surface area contributed by atoms with Crippen molar-refractivity contribution in [2.75, 3.05) is 12.4 Å². The third kappa shape index (κ3) is 4.22. The van der Waals surface area contributed by atoms with E-state index in [1.807, 2.05) is 0 Å². The third-order valence-electron chi connectivity index (χ3n) is 3.82. The number of amides is 1. The van der Waals surface area contributed by atoms with E-state index in [-0.39, 0.29) is 18.0 Å². The van der Waals surface area contributed by atoms with Crippen molar-refractivity contribution in [2.45, 2.75) is 13.5 Å². The van der Waals surface area contributed by atoms with Gasteiger partial charge in [-0.2, -0.15) is 0 Å². The average Bonchev–Trinajstić information content (AvgIpc) is 3.03. The number of aromatic nitrogens is 1. The van der Waals surface area contributed by atoms with Gasteiger partial charge in [-0.05, 0) is 43.3 Å². The largest absolute Gasteiger partial charge is 0.497 e. The maximum Gasteiger partial charge on any atom is 0.278 e. The molecule has 1 heterocycles. The minimum atomic E-state index is -0.889. The summed E-state index contributed by atoms with van der Waals surface area (Å²) in [6.45, 7) is 1.66. The van der Waals surface area contributed by atoms with E-state index < -0.39 is 17.5 Å². The predicted molar refractivity (Wildman–Crippen MR) is 92.9 cm³/mol. The van der Waals surface area contributed by atoms with Crippen LogP contribution in [0.15, 0.2) is 47.0 Å². The molecule has 0 aliphatic heterocycles. The zero-order valence-electron chi connectivity index (χ0n) is 14.6. The lowest BCUT2D eigenvalue weighted by molar-refractivity contribution is 0.101. The first-order chi connectivity index (χ1) is 13.0. The Labute approximate surface area is 153 Å². The SMILES string of the molecule is COc1ccc(OCc2c(C(=O)Nc3ccc(F)cc3F)noc2C)cc1. The minimum Gasteiger partial charge on any atom is -0.497 e. The number of carbonyl (C=O) groups is 1. The molecule has 0 aliphatic rings. The van der Waals surface area contributed by atoms with Crippen LogP contribution in [0, 0.1) is 18.6 Å². The molecule has 1 aromatic heterocycles. The van der Waals surface area contributed by atoms with Crippen LogP contribution in [0.2, 0.25) is 0 Å². The number of halogens is 2. The lowest BCUT2D eigenvalue weighted by Crippen LogP contribution is -2.16. The number of benzene rings is 2. The molecule has 0 atom stereocenters. The van der Waals surface area contributed by atoms with Crippen molar-refractivity contribution in [3.8, 4) is 11.5 Å². The van der Waals surface area contributed by atoms with Crippen molar-refractivity contribution in [1.29, 1.82) is 0 Å². The second-order valence-corrected chi connectivity index (χ2v) is 5.61. The predicted octanol–water partition coefficient (Wildman–Crippen LogP) is 4.10. The van der Waals surface area contributed by atoms with Crippen LogP contribution in [-0.4, -0.2) is 18.2 Å². The number of methoxy groups -OCH3 is 1. The summed E-state index contributed by atoms with van der Waals surface area (Å²) in [4.78, 5) is 12.4. The van der Waals surface area contributed by atoms with Crippen molar-refractivity contribution in [3.63, 3.8) is 0 Å². The van der Waals surface area contributed by atoms with Crippen LogP contribution in [0.4, 0.5) is 14.5 Å². The van der Waals surface area contributed by atoms with Gasteiger partial charge in [0.2, 0.25) is 0 Å². The summed E-state index contributed by atoms with van der Waals surface area (Å²) >= 11 is 0. The van der Waals surface area contributed by atoms with E-state index in [1.165, 1.54) is 0 Å². The van der Waals surface area contributed by atoms with E-state index in [1.54, 1.807) is 38.3 Å². The molecule has 0 aliphatic carbocycles. The molecule has 2 aromatic carbocycles. The number of hydrogen-bond donors (Lipinski definition) is 1. The monoisotopic (exact) mass is 374 g/mol. The number of carbonyl (C=O) groups excluding carboxylic acids is 1. The number of anilines is 1. The first-order valence-electron chi connectivity index (χ1n) is 7.96. The molecule has 0 unspecified atom stereocenters. The van der Waals surface area contributed by atoms with Gasteiger partial charge in [0, 0.05) is 6.07 Å². The number of nitrogens with zero attached hydrogens (tertiary/aromatic N) is 1. The van der Waals surface area contributed by atoms with Gasteiger partial charge in [-0.1, -0.05) is 5.16 Å². The molecule has 3 aromatic rings. The third-order valence-corrected chi connectivity index (χ3v) is 3.82. The van der Waals surface area contributed by atoms with Crippen LogP contribution in [0.5, 0.6) is 11.5 Å². The van der Waals surface area contributed by atoms with Crippen LogP contribution in [0.3, 0.4) is 0 Å². The summed E-state index contributed by atoms with van der Waals surface area (Å²) in [5.74, 6) is -0.674. The minimum absolute atomic E-state index is 0.0241. The zero-order chi connectivity index (χ0) is 19.4. The van der Waals surface area contributed by atoms with Crippen LogP contribution < -0.4 is 14.8 Å². The molecule has 6 nitrogen and oxygen atoms in total. The van der Waals surface area contributed by atoms with E-state index >= 15 is 0 Å². The molecule has 3 rings (SSSR count). The quantitative estimate of drug-likeness (QED) is 0.703. The molecule has 0 fully saturated rings. The van der Waals surface area contributed by atoms with Gasteiger partial charge < -0.3 is 19.3 Å². The highest BCUT2D eigenvalue weighted by Crippen LogP contribution is 2.22. The Hall–Kier alpha value is -3.42. The van der Waals surface area contributed by atoms with Crippen molar-refractivity contribution >= 4 is 11.6 Å². The smallest absolute Gasteiger partial charge is 0.278 e. The molecule has 0 saturated heterocycles. The van der Waals surface area contributed by atoms with Crippen molar-refractivity contribution < 1.29 is 27.6 Å². The van der Waals surface area contributed by atoms with Gasteiger partial charge in [0.05, 0.1) is 18.4 Å². The van der Waals surface area contributed by atoms with Crippen molar-refractivity contribution in [2.24, 2.45) is 0 Å². The zero-order valence-corrected chi connectivity index (χ0v) is 14.6. The second kappa shape index (κ2) is 7.86. The maximum atomic E-state index is 13.7. The van der Waals surface area contributed by atoms with Gasteiger partial charge in [0.1, 0.15) is 35.5 Å². The van der Waals surface area contributed by atoms with Gasteiger partial charge in [0.25, 0.3) is 5.91 Å². The maximum absolute atomic E-state index is 13.7. The average molecular weight is 374 g/mol. The molecule has 8 heteroatoms. The van der Waals surface area contributed by atoms with Crippen LogP contribution in [0.25, 0.3) is 0 Å². The van der Waals surface area contributed by atoms with Crippen molar-refractivity contribution in [1.82, 2.24) is 5.16 Å². The topological polar surface area (TPSA) is 73.6 Å². The number of nitrogens with one attached hydrogen (secondary N) is 1. The summed E-state index contributed by atoms with van der Waals surface area (Å²) < 4.78 is 42.5. The summed E-state index contributed by atoms with van der Waals surface area (Å²) in [6, 6.07) is 9.76. The standard InChI is InChI=1S/C19H16F2N2O4/c1-11-15(10-26-14-6-4-13(25-2)5-7-14)18(23-27-11)19(24)22-17-8-3-12(20)9-16(17)21/h3-9H,10H2,1-2H3,(H,22,24). The van der Waals surface area contributed by atoms with Crippen LogP contribution in [0.1, 0.15) is 21.8 Å². The van der Waals surface area contributed by atoms with Crippen molar-refractivity contribution in [3.05, 3.63) is 71.1 Å². The highest BCUT2D eigenvalue weighted by atomic mass is 19.1. The number of hydrogen-bond acceptors (Lipinski definition) is 5. The summed E-state index contributed by atoms with van der Waals surface area (Å²) in [7, 11) is 1.56. The summed E-state index contributed by atoms with van der Waals surface area (Å²) in [5.41, 5.74) is 0.222. The summed E-state index contributed by atoms with van der Waals surface area (Å²) in [6.07, 6.45) is 0. The highest BCUT2D eigenvalue weighted by Gasteiger charge is 2.21. The van der Waals surface area contributed by atoms with E-state index in [0.717, 1.165) is 12.1 Å². The lowest BCUT2D eigenvalue weighted by Gasteiger charge is -2.08. The Morgan fingerprint density at radius 2 is 1.85 bits per heavy atom. The van der Waals surface area contributed by atoms with E-state index in [4.69, 9.17) is 14.0 Å². The van der Waals surface area contributed by atoms with Gasteiger partial charge in [-0.15, -0.1) is 0 Å². The lowest BCUT2D eigenvalue weighted by atomic mass is 10.2. The second-order valence-electron chi connectivity index (χ2n) is 5.61. The van der Waals surface area contributed by atoms with E-state index in [9.17, 15) is 13.6 Å². The fraction of sp³-hybridized carbons (Fsp3) is 0.158. The van der Waals surface area contributed by atoms with Crippen LogP contribution in [-0.2, 0) is 6.61 Å². The van der Waals surface area contributed by atoms with E-state index in [0.29, 0.717) is 28.9 Å². The molecule has 27 heavy (non-hydrogen) atoms. The first-order valence-corrected chi connectivity index (χ1v) is 7.96. The Balaban J connectivity index is 1.74. The molecule has 0 radical (unpaired) electrons. The Morgan fingerprint density at radius 1 is 1.15 bits per heavy atom. The molecular weight excluding hydrogens is 358 g/mol. The number of rotatable bonds is 6. The molecule has 140 valence electrons. The summed E-state index contributed by atoms with van der Waals surface area (Å²) in [5, 5.41) is 6.06. The molecule has 0 spiro atoms. The molecule has 1 N–H and O–H groups in total. The van der Waals surface area contributed by atoms with E-state index in [2.05, 4.69) is 10.5 Å². The first kappa shape index (κ1) is 18.4. The molecule has 0 saturated carbocycles. The van der Waals surface area contributed by atoms with Gasteiger partial charge in [0.15, 0.2) is 5.69 Å². The normalized spacial score (nSPS) is 10.5. The van der Waals surface area contributed by atoms with Gasteiger partial charge in [-0.3, -0.25) is 4.79 Å². The highest BCUT2D eigenvalue weighted by molar-refractivity contribution is 6.03. The van der Waals surface area contributed by atoms with Crippen LogP contribution >= 0.6 is 0 Å². The Bertz CT molecular complexity index is 955. The number of ether oxygens (including phenoxy) is 2. The molecule has 1 amide bonds.